The van der Waals surface area contributed by atoms with Gasteiger partial charge in [-0.1, -0.05) is 0 Å². The van der Waals surface area contributed by atoms with Crippen molar-refractivity contribution in [2.75, 3.05) is 32.6 Å². The molecule has 1 aromatic carbocycles. The zero-order chi connectivity index (χ0) is 18.7. The fourth-order valence-electron chi connectivity index (χ4n) is 3.35. The van der Waals surface area contributed by atoms with E-state index in [0.717, 1.165) is 41.4 Å². The van der Waals surface area contributed by atoms with E-state index >= 15 is 0 Å². The van der Waals surface area contributed by atoms with Crippen LogP contribution in [-0.2, 0) is 6.54 Å². The average Bonchev–Trinajstić information content (AvgIpc) is 3.28. The fraction of sp³-hybridized carbons (Fsp3) is 0.474. The molecule has 0 saturated carbocycles. The Morgan fingerprint density at radius 1 is 1.35 bits per heavy atom. The summed E-state index contributed by atoms with van der Waals surface area (Å²) >= 11 is 0. The van der Waals surface area contributed by atoms with Gasteiger partial charge in [0, 0.05) is 37.3 Å². The van der Waals surface area contributed by atoms with Crippen LogP contribution in [-0.4, -0.2) is 48.0 Å². The summed E-state index contributed by atoms with van der Waals surface area (Å²) in [6.07, 6.45) is 2.76. The molecule has 7 nitrogen and oxygen atoms in total. The Hall–Kier alpha value is -2.70. The van der Waals surface area contributed by atoms with Crippen LogP contribution in [0, 0.1) is 6.92 Å². The number of hydrogen-bond donors (Lipinski definition) is 1. The van der Waals surface area contributed by atoms with Gasteiger partial charge < -0.3 is 19.7 Å². The van der Waals surface area contributed by atoms with Crippen molar-refractivity contribution in [3.05, 3.63) is 35.7 Å². The van der Waals surface area contributed by atoms with Crippen molar-refractivity contribution in [2.45, 2.75) is 32.7 Å². The molecule has 0 radical (unpaired) electrons. The van der Waals surface area contributed by atoms with E-state index in [-0.39, 0.29) is 11.9 Å². The third-order valence-electron chi connectivity index (χ3n) is 4.86. The van der Waals surface area contributed by atoms with Crippen molar-refractivity contribution in [1.29, 1.82) is 0 Å². The molecule has 1 aliphatic heterocycles. The number of methoxy groups -OCH3 is 2. The van der Waals surface area contributed by atoms with Gasteiger partial charge in [-0.3, -0.25) is 4.68 Å². The van der Waals surface area contributed by atoms with Crippen LogP contribution < -0.4 is 14.8 Å². The molecule has 0 aliphatic carbocycles. The molecule has 2 heterocycles. The lowest BCUT2D eigenvalue weighted by molar-refractivity contribution is 0.222. The first-order valence-electron chi connectivity index (χ1n) is 8.87. The van der Waals surface area contributed by atoms with E-state index in [0.29, 0.717) is 13.1 Å². The average molecular weight is 358 g/mol. The summed E-state index contributed by atoms with van der Waals surface area (Å²) in [5.41, 5.74) is 2.67. The van der Waals surface area contributed by atoms with Crippen LogP contribution in [0.1, 0.15) is 30.5 Å². The van der Waals surface area contributed by atoms with Gasteiger partial charge in [-0.05, 0) is 38.5 Å². The van der Waals surface area contributed by atoms with Gasteiger partial charge in [0.1, 0.15) is 11.5 Å². The summed E-state index contributed by atoms with van der Waals surface area (Å²) in [6, 6.07) is 5.71. The third kappa shape index (κ3) is 3.61. The molecule has 3 rings (SSSR count). The van der Waals surface area contributed by atoms with Crippen molar-refractivity contribution in [2.24, 2.45) is 0 Å². The van der Waals surface area contributed by atoms with E-state index in [2.05, 4.69) is 10.4 Å². The van der Waals surface area contributed by atoms with Gasteiger partial charge in [-0.2, -0.15) is 5.10 Å². The number of urea groups is 1. The van der Waals surface area contributed by atoms with Crippen LogP contribution in [0.4, 0.5) is 10.5 Å². The highest BCUT2D eigenvalue weighted by Crippen LogP contribution is 2.36. The summed E-state index contributed by atoms with van der Waals surface area (Å²) in [7, 11) is 3.32. The first-order valence-corrected chi connectivity index (χ1v) is 8.87. The second-order valence-electron chi connectivity index (χ2n) is 6.45. The number of anilines is 1. The molecule has 1 N–H and O–H groups in total. The first-order chi connectivity index (χ1) is 12.5. The van der Waals surface area contributed by atoms with E-state index in [1.807, 2.05) is 47.8 Å². The van der Waals surface area contributed by atoms with E-state index < -0.39 is 0 Å². The molecular formula is C19H26N4O3. The summed E-state index contributed by atoms with van der Waals surface area (Å²) in [5.74, 6) is 1.86. The standard InChI is InChI=1S/C19H26N4O3/c1-5-23-12-17(13(2)21-23)20-19(24)22-9-8-14(11-22)16-10-15(25-3)6-7-18(16)26-4/h6-7,10,12,14H,5,8-9,11H2,1-4H3,(H,20,24)/t14-/m1/s1. The predicted molar refractivity (Wildman–Crippen MR) is 100 cm³/mol. The highest BCUT2D eigenvalue weighted by Gasteiger charge is 2.30. The fourth-order valence-corrected chi connectivity index (χ4v) is 3.35. The van der Waals surface area contributed by atoms with Gasteiger partial charge >= 0.3 is 6.03 Å². The quantitative estimate of drug-likeness (QED) is 0.891. The molecular weight excluding hydrogens is 332 g/mol. The zero-order valence-corrected chi connectivity index (χ0v) is 15.8. The summed E-state index contributed by atoms with van der Waals surface area (Å²) in [6.45, 7) is 6.05. The number of aryl methyl sites for hydroxylation is 2. The second kappa shape index (κ2) is 7.68. The van der Waals surface area contributed by atoms with Crippen LogP contribution in [0.25, 0.3) is 0 Å². The Balaban J connectivity index is 1.70. The molecule has 7 heteroatoms. The van der Waals surface area contributed by atoms with E-state index in [1.54, 1.807) is 14.2 Å². The van der Waals surface area contributed by atoms with Crippen LogP contribution >= 0.6 is 0 Å². The highest BCUT2D eigenvalue weighted by molar-refractivity contribution is 5.90. The number of benzene rings is 1. The number of nitrogens with zero attached hydrogens (tertiary/aromatic N) is 3. The molecule has 2 aromatic rings. The van der Waals surface area contributed by atoms with Gasteiger partial charge in [0.05, 0.1) is 25.6 Å². The number of aromatic nitrogens is 2. The van der Waals surface area contributed by atoms with Crippen molar-refractivity contribution in [3.63, 3.8) is 0 Å². The van der Waals surface area contributed by atoms with Crippen LogP contribution in [0.3, 0.4) is 0 Å². The lowest BCUT2D eigenvalue weighted by Crippen LogP contribution is -2.32. The van der Waals surface area contributed by atoms with Crippen molar-refractivity contribution < 1.29 is 14.3 Å². The minimum Gasteiger partial charge on any atom is -0.497 e. The zero-order valence-electron chi connectivity index (χ0n) is 15.8. The van der Waals surface area contributed by atoms with Gasteiger partial charge in [0.15, 0.2) is 0 Å². The molecule has 26 heavy (non-hydrogen) atoms. The Kier molecular flexibility index (Phi) is 5.35. The maximum atomic E-state index is 12.6. The number of nitrogens with one attached hydrogen (secondary N) is 1. The monoisotopic (exact) mass is 358 g/mol. The topological polar surface area (TPSA) is 68.6 Å². The number of likely N-dealkylation sites (tertiary alicyclic amines) is 1. The largest absolute Gasteiger partial charge is 0.497 e. The normalized spacial score (nSPS) is 16.6. The van der Waals surface area contributed by atoms with Crippen molar-refractivity contribution >= 4 is 11.7 Å². The number of rotatable bonds is 5. The second-order valence-corrected chi connectivity index (χ2v) is 6.45. The van der Waals surface area contributed by atoms with Crippen LogP contribution in [0.15, 0.2) is 24.4 Å². The number of hydrogen-bond acceptors (Lipinski definition) is 4. The first kappa shape index (κ1) is 18.1. The molecule has 1 fully saturated rings. The van der Waals surface area contributed by atoms with Crippen LogP contribution in [0.5, 0.6) is 11.5 Å². The molecule has 2 amide bonds. The molecule has 0 bridgehead atoms. The lowest BCUT2D eigenvalue weighted by Gasteiger charge is -2.19. The molecule has 140 valence electrons. The molecule has 0 unspecified atom stereocenters. The minimum absolute atomic E-state index is 0.0897. The van der Waals surface area contributed by atoms with Gasteiger partial charge in [0.25, 0.3) is 0 Å². The number of ether oxygens (including phenoxy) is 2. The van der Waals surface area contributed by atoms with Gasteiger partial charge in [-0.25, -0.2) is 4.79 Å². The summed E-state index contributed by atoms with van der Waals surface area (Å²) < 4.78 is 12.6. The molecule has 0 spiro atoms. The SMILES string of the molecule is CCn1cc(NC(=O)N2CC[C@@H](c3cc(OC)ccc3OC)C2)c(C)n1. The maximum Gasteiger partial charge on any atom is 0.321 e. The minimum atomic E-state index is -0.0897. The third-order valence-corrected chi connectivity index (χ3v) is 4.86. The number of carbonyl (C=O) groups excluding carboxylic acids is 1. The predicted octanol–water partition coefficient (Wildman–Crippen LogP) is 3.25. The summed E-state index contributed by atoms with van der Waals surface area (Å²) in [4.78, 5) is 14.5. The highest BCUT2D eigenvalue weighted by atomic mass is 16.5. The molecule has 1 aliphatic rings. The van der Waals surface area contributed by atoms with Crippen molar-refractivity contribution in [3.8, 4) is 11.5 Å². The smallest absolute Gasteiger partial charge is 0.321 e. The molecule has 1 aromatic heterocycles. The van der Waals surface area contributed by atoms with Gasteiger partial charge in [0.2, 0.25) is 0 Å². The van der Waals surface area contributed by atoms with E-state index in [4.69, 9.17) is 9.47 Å². The van der Waals surface area contributed by atoms with Crippen molar-refractivity contribution in [1.82, 2.24) is 14.7 Å². The van der Waals surface area contributed by atoms with E-state index in [9.17, 15) is 4.79 Å². The van der Waals surface area contributed by atoms with E-state index in [1.165, 1.54) is 0 Å². The number of amides is 2. The Labute approximate surface area is 153 Å². The Morgan fingerprint density at radius 2 is 2.15 bits per heavy atom. The molecule has 1 saturated heterocycles. The lowest BCUT2D eigenvalue weighted by atomic mass is 9.97. The Morgan fingerprint density at radius 3 is 2.81 bits per heavy atom. The molecule has 1 atom stereocenters. The van der Waals surface area contributed by atoms with Crippen LogP contribution in [0.2, 0.25) is 0 Å². The maximum absolute atomic E-state index is 12.6. The number of carbonyl (C=O) groups is 1. The Bertz CT molecular complexity index is 787. The van der Waals surface area contributed by atoms with Gasteiger partial charge in [-0.15, -0.1) is 0 Å². The summed E-state index contributed by atoms with van der Waals surface area (Å²) in [5, 5.41) is 7.34.